The van der Waals surface area contributed by atoms with E-state index in [0.29, 0.717) is 25.5 Å². The van der Waals surface area contributed by atoms with Gasteiger partial charge < -0.3 is 14.5 Å². The summed E-state index contributed by atoms with van der Waals surface area (Å²) in [5.41, 5.74) is 0.360. The first-order chi connectivity index (χ1) is 8.72. The summed E-state index contributed by atoms with van der Waals surface area (Å²) in [6.07, 6.45) is 1.56. The molecule has 0 N–H and O–H groups in total. The Morgan fingerprint density at radius 3 is 3.00 bits per heavy atom. The molecule has 2 rings (SSSR count). The van der Waals surface area contributed by atoms with Crippen molar-refractivity contribution in [3.05, 3.63) is 30.1 Å². The van der Waals surface area contributed by atoms with Gasteiger partial charge in [-0.15, -0.1) is 0 Å². The molecule has 0 saturated carbocycles. The first-order valence-corrected chi connectivity index (χ1v) is 5.69. The van der Waals surface area contributed by atoms with Crippen LogP contribution in [0.15, 0.2) is 24.4 Å². The molecule has 0 bridgehead atoms. The monoisotopic (exact) mass is 249 g/mol. The summed E-state index contributed by atoms with van der Waals surface area (Å²) < 4.78 is 4.92. The van der Waals surface area contributed by atoms with Gasteiger partial charge in [0.2, 0.25) is 5.91 Å². The van der Waals surface area contributed by atoms with E-state index < -0.39 is 0 Å². The van der Waals surface area contributed by atoms with Crippen LogP contribution < -0.4 is 0 Å². The topological polar surface area (TPSA) is 62.7 Å². The van der Waals surface area contributed by atoms with Gasteiger partial charge in [0.15, 0.2) is 0 Å². The van der Waals surface area contributed by atoms with Gasteiger partial charge in [0.25, 0.3) is 5.91 Å². The summed E-state index contributed by atoms with van der Waals surface area (Å²) in [5, 5.41) is 0. The fourth-order valence-corrected chi connectivity index (χ4v) is 1.78. The summed E-state index contributed by atoms with van der Waals surface area (Å²) in [5.74, 6) is -0.278. The number of carbonyl (C=O) groups excluding carboxylic acids is 2. The van der Waals surface area contributed by atoms with Gasteiger partial charge in [0.05, 0.1) is 13.3 Å². The predicted molar refractivity (Wildman–Crippen MR) is 63.7 cm³/mol. The molecular weight excluding hydrogens is 234 g/mol. The number of hydrogen-bond acceptors (Lipinski definition) is 4. The standard InChI is InChI=1S/C12H15N3O3/c1-18-7-6-14-9-15(8-11(14)16)12(17)10-4-2-3-5-13-10/h2-5H,6-9H2,1H3. The van der Waals surface area contributed by atoms with E-state index in [1.165, 1.54) is 4.90 Å². The summed E-state index contributed by atoms with van der Waals surface area (Å²) in [6, 6.07) is 5.14. The fraction of sp³-hybridized carbons (Fsp3) is 0.417. The van der Waals surface area contributed by atoms with Gasteiger partial charge in [0, 0.05) is 19.9 Å². The number of methoxy groups -OCH3 is 1. The number of nitrogens with zero attached hydrogens (tertiary/aromatic N) is 3. The van der Waals surface area contributed by atoms with E-state index in [-0.39, 0.29) is 18.4 Å². The first kappa shape index (κ1) is 12.5. The van der Waals surface area contributed by atoms with E-state index in [1.807, 2.05) is 0 Å². The van der Waals surface area contributed by atoms with Crippen molar-refractivity contribution in [2.75, 3.05) is 33.5 Å². The van der Waals surface area contributed by atoms with Gasteiger partial charge in [-0.2, -0.15) is 0 Å². The molecule has 96 valence electrons. The molecule has 2 amide bonds. The van der Waals surface area contributed by atoms with Gasteiger partial charge in [0.1, 0.15) is 12.2 Å². The van der Waals surface area contributed by atoms with Crippen molar-refractivity contribution in [3.8, 4) is 0 Å². The Balaban J connectivity index is 2.00. The quantitative estimate of drug-likeness (QED) is 0.751. The van der Waals surface area contributed by atoms with E-state index in [0.717, 1.165) is 0 Å². The van der Waals surface area contributed by atoms with Crippen molar-refractivity contribution < 1.29 is 14.3 Å². The highest BCUT2D eigenvalue weighted by molar-refractivity contribution is 5.96. The van der Waals surface area contributed by atoms with Crippen LogP contribution in [0.4, 0.5) is 0 Å². The summed E-state index contributed by atoms with van der Waals surface area (Å²) >= 11 is 0. The molecule has 0 atom stereocenters. The maximum Gasteiger partial charge on any atom is 0.274 e. The van der Waals surface area contributed by atoms with E-state index in [1.54, 1.807) is 36.4 Å². The molecule has 0 aliphatic carbocycles. The van der Waals surface area contributed by atoms with Gasteiger partial charge in [-0.05, 0) is 12.1 Å². The van der Waals surface area contributed by atoms with E-state index >= 15 is 0 Å². The number of hydrogen-bond donors (Lipinski definition) is 0. The lowest BCUT2D eigenvalue weighted by Gasteiger charge is -2.17. The lowest BCUT2D eigenvalue weighted by atomic mass is 10.3. The second-order valence-electron chi connectivity index (χ2n) is 4.01. The number of ether oxygens (including phenoxy) is 1. The maximum absolute atomic E-state index is 12.1. The molecule has 6 nitrogen and oxygen atoms in total. The highest BCUT2D eigenvalue weighted by Crippen LogP contribution is 2.10. The van der Waals surface area contributed by atoms with E-state index in [2.05, 4.69) is 4.98 Å². The summed E-state index contributed by atoms with van der Waals surface area (Å²) in [4.78, 5) is 30.8. The van der Waals surface area contributed by atoms with Crippen molar-refractivity contribution in [2.45, 2.75) is 0 Å². The molecule has 18 heavy (non-hydrogen) atoms. The van der Waals surface area contributed by atoms with Crippen LogP contribution in [0, 0.1) is 0 Å². The largest absolute Gasteiger partial charge is 0.383 e. The average molecular weight is 249 g/mol. The Kier molecular flexibility index (Phi) is 3.88. The molecule has 0 radical (unpaired) electrons. The Hall–Kier alpha value is -1.95. The Labute approximate surface area is 105 Å². The zero-order valence-electron chi connectivity index (χ0n) is 10.2. The molecule has 0 aromatic carbocycles. The maximum atomic E-state index is 12.1. The van der Waals surface area contributed by atoms with Crippen molar-refractivity contribution in [1.82, 2.24) is 14.8 Å². The minimum Gasteiger partial charge on any atom is -0.383 e. The second-order valence-corrected chi connectivity index (χ2v) is 4.01. The number of carbonyl (C=O) groups is 2. The lowest BCUT2D eigenvalue weighted by molar-refractivity contribution is -0.127. The number of rotatable bonds is 4. The highest BCUT2D eigenvalue weighted by Gasteiger charge is 2.31. The molecule has 1 aromatic heterocycles. The fourth-order valence-electron chi connectivity index (χ4n) is 1.78. The molecule has 6 heteroatoms. The molecule has 1 aliphatic heterocycles. The predicted octanol–water partition coefficient (Wildman–Crippen LogP) is -0.0301. The van der Waals surface area contributed by atoms with Crippen molar-refractivity contribution in [2.24, 2.45) is 0 Å². The van der Waals surface area contributed by atoms with Gasteiger partial charge in [-0.25, -0.2) is 0 Å². The first-order valence-electron chi connectivity index (χ1n) is 5.69. The molecule has 1 fully saturated rings. The van der Waals surface area contributed by atoms with Crippen LogP contribution in [0.5, 0.6) is 0 Å². The third-order valence-electron chi connectivity index (χ3n) is 2.76. The van der Waals surface area contributed by atoms with Gasteiger partial charge >= 0.3 is 0 Å². The molecule has 0 unspecified atom stereocenters. The highest BCUT2D eigenvalue weighted by atomic mass is 16.5. The van der Waals surface area contributed by atoms with Gasteiger partial charge in [-0.3, -0.25) is 14.6 Å². The van der Waals surface area contributed by atoms with Crippen LogP contribution in [0.2, 0.25) is 0 Å². The molecule has 2 heterocycles. The molecule has 1 saturated heterocycles. The molecule has 1 aromatic rings. The van der Waals surface area contributed by atoms with Crippen LogP contribution in [-0.2, 0) is 9.53 Å². The number of aromatic nitrogens is 1. The van der Waals surface area contributed by atoms with Crippen LogP contribution in [0.25, 0.3) is 0 Å². The van der Waals surface area contributed by atoms with Crippen LogP contribution in [0.1, 0.15) is 10.5 Å². The van der Waals surface area contributed by atoms with E-state index in [4.69, 9.17) is 4.74 Å². The zero-order chi connectivity index (χ0) is 13.0. The average Bonchev–Trinajstić information content (AvgIpc) is 2.78. The SMILES string of the molecule is COCCN1CN(C(=O)c2ccccn2)CC1=O. The number of amides is 2. The summed E-state index contributed by atoms with van der Waals surface area (Å²) in [6.45, 7) is 1.38. The van der Waals surface area contributed by atoms with Crippen LogP contribution in [0.3, 0.4) is 0 Å². The smallest absolute Gasteiger partial charge is 0.274 e. The minimum atomic E-state index is -0.219. The molecule has 1 aliphatic rings. The third-order valence-corrected chi connectivity index (χ3v) is 2.76. The molecule has 0 spiro atoms. The Bertz CT molecular complexity index is 435. The Morgan fingerprint density at radius 1 is 1.50 bits per heavy atom. The van der Waals surface area contributed by atoms with Crippen LogP contribution >= 0.6 is 0 Å². The van der Waals surface area contributed by atoms with E-state index in [9.17, 15) is 9.59 Å². The van der Waals surface area contributed by atoms with Gasteiger partial charge in [-0.1, -0.05) is 6.07 Å². The molecular formula is C12H15N3O3. The Morgan fingerprint density at radius 2 is 2.33 bits per heavy atom. The van der Waals surface area contributed by atoms with Crippen molar-refractivity contribution >= 4 is 11.8 Å². The van der Waals surface area contributed by atoms with Crippen LogP contribution in [-0.4, -0.2) is 60.1 Å². The van der Waals surface area contributed by atoms with Crippen molar-refractivity contribution in [3.63, 3.8) is 0 Å². The zero-order valence-corrected chi connectivity index (χ0v) is 10.2. The number of pyridine rings is 1. The third kappa shape index (κ3) is 2.65. The summed E-state index contributed by atoms with van der Waals surface area (Å²) in [7, 11) is 1.58. The lowest BCUT2D eigenvalue weighted by Crippen LogP contribution is -2.33. The second kappa shape index (κ2) is 5.59. The minimum absolute atomic E-state index is 0.0590. The van der Waals surface area contributed by atoms with Crippen molar-refractivity contribution in [1.29, 1.82) is 0 Å². The normalized spacial score (nSPS) is 15.3.